The third kappa shape index (κ3) is 6.73. The number of nitrogens with one attached hydrogen (secondary N) is 2. The second kappa shape index (κ2) is 9.93. The van der Waals surface area contributed by atoms with Crippen LogP contribution in [-0.4, -0.2) is 40.6 Å². The molecule has 2 rings (SSSR count). The summed E-state index contributed by atoms with van der Waals surface area (Å²) in [6.07, 6.45) is 0. The van der Waals surface area contributed by atoms with Crippen LogP contribution in [0.2, 0.25) is 0 Å². The van der Waals surface area contributed by atoms with E-state index in [9.17, 15) is 14.4 Å². The molecule has 1 aromatic carbocycles. The van der Waals surface area contributed by atoms with Crippen molar-refractivity contribution in [1.29, 1.82) is 0 Å². The fraction of sp³-hybridized carbons (Fsp3) is 0.368. The van der Waals surface area contributed by atoms with Crippen LogP contribution in [0.3, 0.4) is 0 Å². The molecular weight excluding hydrogens is 382 g/mol. The molecule has 2 N–H and O–H groups in total. The Morgan fingerprint density at radius 2 is 1.89 bits per heavy atom. The molecule has 9 heteroatoms. The van der Waals surface area contributed by atoms with Crippen molar-refractivity contribution < 1.29 is 23.6 Å². The highest BCUT2D eigenvalue weighted by atomic mass is 32.2. The number of esters is 1. The summed E-state index contributed by atoms with van der Waals surface area (Å²) in [5.41, 5.74) is 2.82. The van der Waals surface area contributed by atoms with Gasteiger partial charge in [-0.2, -0.15) is 0 Å². The van der Waals surface area contributed by atoms with Crippen LogP contribution in [-0.2, 0) is 19.1 Å². The van der Waals surface area contributed by atoms with E-state index in [1.807, 2.05) is 26.0 Å². The van der Waals surface area contributed by atoms with E-state index in [0.717, 1.165) is 22.9 Å². The van der Waals surface area contributed by atoms with Crippen LogP contribution in [0.5, 0.6) is 0 Å². The van der Waals surface area contributed by atoms with Crippen LogP contribution in [0.15, 0.2) is 28.8 Å². The molecule has 0 bridgehead atoms. The van der Waals surface area contributed by atoms with Crippen molar-refractivity contribution in [2.24, 2.45) is 0 Å². The van der Waals surface area contributed by atoms with Gasteiger partial charge in [0.25, 0.3) is 5.91 Å². The Morgan fingerprint density at radius 1 is 1.14 bits per heavy atom. The van der Waals surface area contributed by atoms with Crippen LogP contribution < -0.4 is 10.6 Å². The fourth-order valence-corrected chi connectivity index (χ4v) is 2.81. The molecule has 28 heavy (non-hydrogen) atoms. The van der Waals surface area contributed by atoms with Crippen molar-refractivity contribution in [3.8, 4) is 0 Å². The lowest BCUT2D eigenvalue weighted by atomic mass is 10.1. The van der Waals surface area contributed by atoms with Crippen LogP contribution in [0.1, 0.15) is 23.8 Å². The van der Waals surface area contributed by atoms with Crippen molar-refractivity contribution in [3.05, 3.63) is 41.2 Å². The molecule has 8 nitrogen and oxygen atoms in total. The predicted octanol–water partition coefficient (Wildman–Crippen LogP) is 2.84. The number of aryl methyl sites for hydroxylation is 3. The van der Waals surface area contributed by atoms with E-state index in [2.05, 4.69) is 15.8 Å². The second-order valence-electron chi connectivity index (χ2n) is 6.27. The topological polar surface area (TPSA) is 111 Å². The summed E-state index contributed by atoms with van der Waals surface area (Å²) in [5, 5.41) is 8.44. The number of nitrogens with zero attached hydrogens (tertiary/aromatic N) is 1. The highest BCUT2D eigenvalue weighted by Crippen LogP contribution is 2.15. The summed E-state index contributed by atoms with van der Waals surface area (Å²) in [4.78, 5) is 35.7. The van der Waals surface area contributed by atoms with Gasteiger partial charge in [-0.25, -0.2) is 0 Å². The number of rotatable bonds is 8. The molecule has 150 valence electrons. The van der Waals surface area contributed by atoms with Gasteiger partial charge in [0.15, 0.2) is 12.4 Å². The first kappa shape index (κ1) is 21.5. The van der Waals surface area contributed by atoms with Crippen LogP contribution >= 0.6 is 11.8 Å². The van der Waals surface area contributed by atoms with Gasteiger partial charge < -0.3 is 19.9 Å². The molecule has 1 atom stereocenters. The summed E-state index contributed by atoms with van der Waals surface area (Å²) in [5.74, 6) is -0.452. The minimum atomic E-state index is -0.572. The maximum atomic E-state index is 12.0. The van der Waals surface area contributed by atoms with E-state index in [1.165, 1.54) is 0 Å². The van der Waals surface area contributed by atoms with Gasteiger partial charge in [0.1, 0.15) is 5.76 Å². The number of thioether (sulfide) groups is 1. The van der Waals surface area contributed by atoms with E-state index < -0.39 is 17.1 Å². The molecule has 0 aliphatic carbocycles. The standard InChI is InChI=1S/C19H23N3O5S/c1-11-5-6-15(7-12(11)2)20-17(23)9-26-18(24)10-28-14(4)19(25)21-16-8-13(3)27-22-16/h5-8,14H,9-10H2,1-4H3,(H,20,23)(H,21,22,25)/t14-/m0/s1. The Hall–Kier alpha value is -2.81. The number of anilines is 2. The van der Waals surface area contributed by atoms with Gasteiger partial charge in [-0.1, -0.05) is 11.2 Å². The highest BCUT2D eigenvalue weighted by Gasteiger charge is 2.18. The van der Waals surface area contributed by atoms with Crippen molar-refractivity contribution in [3.63, 3.8) is 0 Å². The zero-order chi connectivity index (χ0) is 20.7. The monoisotopic (exact) mass is 405 g/mol. The van der Waals surface area contributed by atoms with Gasteiger partial charge in [0, 0.05) is 11.8 Å². The lowest BCUT2D eigenvalue weighted by molar-refractivity contribution is -0.144. The van der Waals surface area contributed by atoms with Crippen molar-refractivity contribution in [2.45, 2.75) is 32.9 Å². The Morgan fingerprint density at radius 3 is 2.54 bits per heavy atom. The van der Waals surface area contributed by atoms with Crippen LogP contribution in [0.25, 0.3) is 0 Å². The molecule has 0 aliphatic rings. The van der Waals surface area contributed by atoms with E-state index in [-0.39, 0.29) is 18.3 Å². The lowest BCUT2D eigenvalue weighted by Crippen LogP contribution is -2.25. The number of hydrogen-bond acceptors (Lipinski definition) is 7. The number of aromatic nitrogens is 1. The maximum absolute atomic E-state index is 12.0. The van der Waals surface area contributed by atoms with E-state index in [0.29, 0.717) is 17.3 Å². The number of ether oxygens (including phenoxy) is 1. The van der Waals surface area contributed by atoms with Gasteiger partial charge in [-0.3, -0.25) is 14.4 Å². The van der Waals surface area contributed by atoms with Crippen LogP contribution in [0, 0.1) is 20.8 Å². The predicted molar refractivity (Wildman–Crippen MR) is 107 cm³/mol. The summed E-state index contributed by atoms with van der Waals surface area (Å²) in [6.45, 7) is 6.92. The van der Waals surface area contributed by atoms with E-state index in [1.54, 1.807) is 26.0 Å². The molecule has 0 unspecified atom stereocenters. The quantitative estimate of drug-likeness (QED) is 0.650. The Labute approximate surface area is 167 Å². The second-order valence-corrected chi connectivity index (χ2v) is 7.60. The lowest BCUT2D eigenvalue weighted by Gasteiger charge is -2.11. The molecule has 0 saturated carbocycles. The first-order valence-electron chi connectivity index (χ1n) is 8.63. The zero-order valence-corrected chi connectivity index (χ0v) is 17.0. The Balaban J connectivity index is 1.69. The van der Waals surface area contributed by atoms with Crippen molar-refractivity contribution in [2.75, 3.05) is 23.0 Å². The minimum absolute atomic E-state index is 0.0522. The van der Waals surface area contributed by atoms with Gasteiger partial charge in [0.05, 0.1) is 11.0 Å². The average Bonchev–Trinajstić information content (AvgIpc) is 3.05. The molecule has 1 aromatic heterocycles. The third-order valence-corrected chi connectivity index (χ3v) is 4.97. The number of benzene rings is 1. The first-order valence-corrected chi connectivity index (χ1v) is 9.68. The maximum Gasteiger partial charge on any atom is 0.316 e. The molecule has 0 fully saturated rings. The zero-order valence-electron chi connectivity index (χ0n) is 16.2. The minimum Gasteiger partial charge on any atom is -0.455 e. The molecule has 1 heterocycles. The normalized spacial score (nSPS) is 11.6. The van der Waals surface area contributed by atoms with E-state index >= 15 is 0 Å². The van der Waals surface area contributed by atoms with Gasteiger partial charge in [-0.05, 0) is 51.0 Å². The number of carbonyl (C=O) groups is 3. The molecular formula is C19H23N3O5S. The molecule has 0 aliphatic heterocycles. The highest BCUT2D eigenvalue weighted by molar-refractivity contribution is 8.01. The molecule has 0 saturated heterocycles. The summed E-state index contributed by atoms with van der Waals surface area (Å²) in [7, 11) is 0. The summed E-state index contributed by atoms with van der Waals surface area (Å²) < 4.78 is 9.82. The Kier molecular flexibility index (Phi) is 7.62. The molecule has 0 radical (unpaired) electrons. The van der Waals surface area contributed by atoms with Gasteiger partial charge >= 0.3 is 5.97 Å². The van der Waals surface area contributed by atoms with Crippen molar-refractivity contribution >= 4 is 41.1 Å². The molecule has 2 aromatic rings. The summed E-state index contributed by atoms with van der Waals surface area (Å²) >= 11 is 1.10. The SMILES string of the molecule is Cc1cc(NC(=O)[C@H](C)SCC(=O)OCC(=O)Nc2ccc(C)c(C)c2)no1. The number of amides is 2. The largest absolute Gasteiger partial charge is 0.455 e. The smallest absolute Gasteiger partial charge is 0.316 e. The first-order chi connectivity index (χ1) is 13.2. The summed E-state index contributed by atoms with van der Waals surface area (Å²) in [6, 6.07) is 7.13. The Bertz CT molecular complexity index is 865. The van der Waals surface area contributed by atoms with E-state index in [4.69, 9.17) is 9.26 Å². The van der Waals surface area contributed by atoms with Gasteiger partial charge in [0.2, 0.25) is 5.91 Å². The molecule has 0 spiro atoms. The third-order valence-electron chi connectivity index (χ3n) is 3.85. The molecule has 2 amide bonds. The number of hydrogen-bond donors (Lipinski definition) is 2. The van der Waals surface area contributed by atoms with Crippen molar-refractivity contribution in [1.82, 2.24) is 5.16 Å². The average molecular weight is 405 g/mol. The van der Waals surface area contributed by atoms with Gasteiger partial charge in [-0.15, -0.1) is 11.8 Å². The fourth-order valence-electron chi connectivity index (χ4n) is 2.13. The number of carbonyl (C=O) groups excluding carboxylic acids is 3. The van der Waals surface area contributed by atoms with Crippen LogP contribution in [0.4, 0.5) is 11.5 Å².